The highest BCUT2D eigenvalue weighted by atomic mass is 35.5. The fraction of sp³-hybridized carbons (Fsp3) is 0.258. The molecular formula is C31H33ClN4O3. The number of anilines is 1. The van der Waals surface area contributed by atoms with Crippen LogP contribution in [0.1, 0.15) is 48.7 Å². The molecule has 5 rings (SSSR count). The smallest absolute Gasteiger partial charge is 0.199 e. The van der Waals surface area contributed by atoms with Gasteiger partial charge in [-0.05, 0) is 49.4 Å². The molecule has 3 N–H and O–H groups in total. The summed E-state index contributed by atoms with van der Waals surface area (Å²) in [5, 5.41) is 12.6. The van der Waals surface area contributed by atoms with Crippen molar-refractivity contribution in [3.8, 4) is 28.3 Å². The highest BCUT2D eigenvalue weighted by Gasteiger charge is 2.30. The molecule has 0 radical (unpaired) electrons. The lowest BCUT2D eigenvalue weighted by Gasteiger charge is -2.38. The first kappa shape index (κ1) is 28.1. The van der Waals surface area contributed by atoms with Crippen molar-refractivity contribution in [3.05, 3.63) is 88.4 Å². The number of aromatic nitrogens is 1. The van der Waals surface area contributed by atoms with Crippen LogP contribution in [0.15, 0.2) is 71.3 Å². The van der Waals surface area contributed by atoms with Crippen molar-refractivity contribution in [1.82, 2.24) is 10.1 Å². The van der Waals surface area contributed by atoms with Crippen molar-refractivity contribution >= 4 is 29.3 Å². The molecule has 0 unspecified atom stereocenters. The Morgan fingerprint density at radius 3 is 2.46 bits per heavy atom. The average Bonchev–Trinajstić information content (AvgIpc) is 3.38. The van der Waals surface area contributed by atoms with E-state index in [-0.39, 0.29) is 23.2 Å². The molecule has 1 aromatic heterocycles. The van der Waals surface area contributed by atoms with E-state index in [1.807, 2.05) is 38.1 Å². The lowest BCUT2D eigenvalue weighted by atomic mass is 9.93. The Kier molecular flexibility index (Phi) is 9.17. The van der Waals surface area contributed by atoms with Crippen molar-refractivity contribution < 1.29 is 14.1 Å². The predicted molar refractivity (Wildman–Crippen MR) is 157 cm³/mol. The van der Waals surface area contributed by atoms with Crippen LogP contribution in [-0.2, 0) is 0 Å². The number of ketones is 1. The van der Waals surface area contributed by atoms with Gasteiger partial charge in [-0.2, -0.15) is 0 Å². The summed E-state index contributed by atoms with van der Waals surface area (Å²) in [4.78, 5) is 16.3. The average molecular weight is 545 g/mol. The second-order valence-electron chi connectivity index (χ2n) is 9.02. The monoisotopic (exact) mass is 544 g/mol. The SMILES string of the molecule is CC.CCCN1CC(Oc2ccc(C(=O)c3c(-c4ccccc4Cl)noc3-c3cccc(N)c3C=N)cc2)C1. The summed E-state index contributed by atoms with van der Waals surface area (Å²) in [5.74, 6) is 0.668. The van der Waals surface area contributed by atoms with Gasteiger partial charge in [-0.1, -0.05) is 67.9 Å². The summed E-state index contributed by atoms with van der Waals surface area (Å²) in [6.07, 6.45) is 2.43. The summed E-state index contributed by atoms with van der Waals surface area (Å²) >= 11 is 6.47. The van der Waals surface area contributed by atoms with Crippen LogP contribution < -0.4 is 10.5 Å². The van der Waals surface area contributed by atoms with Crippen LogP contribution >= 0.6 is 11.6 Å². The van der Waals surface area contributed by atoms with Gasteiger partial charge in [-0.25, -0.2) is 0 Å². The molecule has 0 atom stereocenters. The molecule has 8 heteroatoms. The third kappa shape index (κ3) is 5.90. The maximum absolute atomic E-state index is 13.9. The molecule has 1 aliphatic rings. The molecule has 0 spiro atoms. The maximum Gasteiger partial charge on any atom is 0.199 e. The number of halogens is 1. The first-order chi connectivity index (χ1) is 19.0. The fourth-order valence-electron chi connectivity index (χ4n) is 4.58. The molecule has 1 aliphatic heterocycles. The molecular weight excluding hydrogens is 512 g/mol. The second-order valence-corrected chi connectivity index (χ2v) is 9.43. The second kappa shape index (κ2) is 12.7. The van der Waals surface area contributed by atoms with E-state index in [9.17, 15) is 4.79 Å². The molecule has 2 heterocycles. The summed E-state index contributed by atoms with van der Waals surface area (Å²) < 4.78 is 11.8. The van der Waals surface area contributed by atoms with Gasteiger partial charge >= 0.3 is 0 Å². The number of rotatable bonds is 9. The van der Waals surface area contributed by atoms with E-state index < -0.39 is 0 Å². The van der Waals surface area contributed by atoms with Crippen molar-refractivity contribution in [1.29, 1.82) is 5.41 Å². The number of hydrogen-bond acceptors (Lipinski definition) is 7. The first-order valence-corrected chi connectivity index (χ1v) is 13.6. The lowest BCUT2D eigenvalue weighted by Crippen LogP contribution is -2.53. The van der Waals surface area contributed by atoms with Crippen LogP contribution in [0.3, 0.4) is 0 Å². The zero-order valence-electron chi connectivity index (χ0n) is 22.4. The van der Waals surface area contributed by atoms with Gasteiger partial charge in [0, 0.05) is 47.2 Å². The quantitative estimate of drug-likeness (QED) is 0.134. The van der Waals surface area contributed by atoms with E-state index in [2.05, 4.69) is 17.0 Å². The normalized spacial score (nSPS) is 13.2. The predicted octanol–water partition coefficient (Wildman–Crippen LogP) is 6.97. The molecule has 1 fully saturated rings. The van der Waals surface area contributed by atoms with E-state index in [1.165, 1.54) is 0 Å². The molecule has 3 aromatic carbocycles. The molecule has 0 bridgehead atoms. The van der Waals surface area contributed by atoms with Gasteiger partial charge < -0.3 is 20.4 Å². The molecule has 0 aliphatic carbocycles. The van der Waals surface area contributed by atoms with E-state index in [0.29, 0.717) is 38.7 Å². The number of ether oxygens (including phenoxy) is 1. The van der Waals surface area contributed by atoms with Crippen molar-refractivity contribution in [3.63, 3.8) is 0 Å². The number of nitrogens with zero attached hydrogens (tertiary/aromatic N) is 2. The van der Waals surface area contributed by atoms with Crippen molar-refractivity contribution in [2.75, 3.05) is 25.4 Å². The molecule has 4 aromatic rings. The molecule has 0 amide bonds. The number of nitrogens with two attached hydrogens (primary N) is 1. The largest absolute Gasteiger partial charge is 0.488 e. The van der Waals surface area contributed by atoms with Gasteiger partial charge in [0.1, 0.15) is 17.5 Å². The summed E-state index contributed by atoms with van der Waals surface area (Å²) in [6, 6.07) is 19.4. The highest BCUT2D eigenvalue weighted by molar-refractivity contribution is 6.33. The fourth-order valence-corrected chi connectivity index (χ4v) is 4.81. The van der Waals surface area contributed by atoms with Gasteiger partial charge in [-0.15, -0.1) is 0 Å². The standard InChI is InChI=1S/C29H27ClN4O3.C2H6/c1-2-14-34-16-20(17-34)36-19-12-10-18(11-13-19)28(35)26-27(22-6-3-4-8-24(22)30)33-37-29(26)21-7-5-9-25(32)23(21)15-31;1-2/h3-13,15,20,31H,2,14,16-17,32H2,1H3;1-2H3. The zero-order valence-corrected chi connectivity index (χ0v) is 23.2. The Morgan fingerprint density at radius 1 is 1.10 bits per heavy atom. The topological polar surface area (TPSA) is 105 Å². The number of carbonyl (C=O) groups excluding carboxylic acids is 1. The minimum absolute atomic E-state index is 0.160. The molecule has 39 heavy (non-hydrogen) atoms. The summed E-state index contributed by atoms with van der Waals surface area (Å²) in [7, 11) is 0. The highest BCUT2D eigenvalue weighted by Crippen LogP contribution is 2.38. The molecule has 7 nitrogen and oxygen atoms in total. The molecule has 1 saturated heterocycles. The minimum Gasteiger partial charge on any atom is -0.488 e. The Labute approximate surface area is 234 Å². The number of hydrogen-bond donors (Lipinski definition) is 2. The molecule has 0 saturated carbocycles. The Bertz CT molecular complexity index is 1440. The van der Waals surface area contributed by atoms with E-state index in [1.54, 1.807) is 42.5 Å². The Balaban J connectivity index is 0.00000172. The first-order valence-electron chi connectivity index (χ1n) is 13.2. The zero-order chi connectivity index (χ0) is 27.9. The van der Waals surface area contributed by atoms with E-state index in [4.69, 9.17) is 32.0 Å². The number of likely N-dealkylation sites (tertiary alicyclic amines) is 1. The lowest BCUT2D eigenvalue weighted by molar-refractivity contribution is 0.0202. The number of nitrogens with one attached hydrogen (secondary N) is 1. The number of benzene rings is 3. The number of nitrogen functional groups attached to an aromatic ring is 1. The van der Waals surface area contributed by atoms with E-state index in [0.717, 1.165) is 38.0 Å². The van der Waals surface area contributed by atoms with Crippen molar-refractivity contribution in [2.45, 2.75) is 33.3 Å². The van der Waals surface area contributed by atoms with Gasteiger partial charge in [-0.3, -0.25) is 9.69 Å². The van der Waals surface area contributed by atoms with Crippen LogP contribution in [0, 0.1) is 5.41 Å². The van der Waals surface area contributed by atoms with Crippen LogP contribution in [0.5, 0.6) is 5.75 Å². The van der Waals surface area contributed by atoms with E-state index >= 15 is 0 Å². The summed E-state index contributed by atoms with van der Waals surface area (Å²) in [5.41, 5.74) is 9.07. The van der Waals surface area contributed by atoms with Gasteiger partial charge in [0.25, 0.3) is 0 Å². The number of carbonyl (C=O) groups is 1. The van der Waals surface area contributed by atoms with Gasteiger partial charge in [0.2, 0.25) is 0 Å². The summed E-state index contributed by atoms with van der Waals surface area (Å²) in [6.45, 7) is 9.07. The van der Waals surface area contributed by atoms with Crippen LogP contribution in [-0.4, -0.2) is 47.8 Å². The third-order valence-electron chi connectivity index (χ3n) is 6.46. The Morgan fingerprint density at radius 2 is 1.79 bits per heavy atom. The van der Waals surface area contributed by atoms with Crippen LogP contribution in [0.4, 0.5) is 5.69 Å². The Hall–Kier alpha value is -3.94. The minimum atomic E-state index is -0.283. The van der Waals surface area contributed by atoms with Crippen LogP contribution in [0.25, 0.3) is 22.6 Å². The maximum atomic E-state index is 13.9. The van der Waals surface area contributed by atoms with Gasteiger partial charge in [0.15, 0.2) is 11.5 Å². The van der Waals surface area contributed by atoms with Gasteiger partial charge in [0.05, 0.1) is 10.6 Å². The molecule has 202 valence electrons. The van der Waals surface area contributed by atoms with Crippen LogP contribution in [0.2, 0.25) is 5.02 Å². The van der Waals surface area contributed by atoms with Crippen molar-refractivity contribution in [2.24, 2.45) is 0 Å². The third-order valence-corrected chi connectivity index (χ3v) is 6.79.